The first-order valence-corrected chi connectivity index (χ1v) is 8.79. The van der Waals surface area contributed by atoms with E-state index in [1.807, 2.05) is 0 Å². The van der Waals surface area contributed by atoms with Gasteiger partial charge in [-0.05, 0) is 12.5 Å². The quantitative estimate of drug-likeness (QED) is 0.251. The average molecular weight is 300 g/mol. The topological polar surface area (TPSA) is 169 Å². The van der Waals surface area contributed by atoms with Gasteiger partial charge in [0.15, 0.2) is 0 Å². The number of carbonyl (C=O) groups is 3. The fourth-order valence-electron chi connectivity index (χ4n) is 1.30. The second-order valence-corrected chi connectivity index (χ2v) is 9.04. The molecule has 0 radical (unpaired) electrons. The number of hydrogen-bond donors (Lipinski definition) is 5. The highest BCUT2D eigenvalue weighted by molar-refractivity contribution is 7.51. The smallest absolute Gasteiger partial charge is 0.430 e. The van der Waals surface area contributed by atoms with E-state index in [2.05, 4.69) is 0 Å². The van der Waals surface area contributed by atoms with Crippen LogP contribution in [0.15, 0.2) is 0 Å². The van der Waals surface area contributed by atoms with Gasteiger partial charge in [-0.1, -0.05) is 6.42 Å². The van der Waals surface area contributed by atoms with E-state index in [4.69, 9.17) is 25.1 Å². The highest BCUT2D eigenvalue weighted by atomic mass is 31.2. The van der Waals surface area contributed by atoms with Crippen molar-refractivity contribution in [1.82, 2.24) is 0 Å². The Kier molecular flexibility index (Phi) is 5.68. The Morgan fingerprint density at radius 3 is 1.56 bits per heavy atom. The number of rotatable bonds is 8. The number of unbranched alkanes of at least 4 members (excludes halogenated alkanes) is 1. The predicted molar refractivity (Wildman–Crippen MR) is 60.8 cm³/mol. The van der Waals surface area contributed by atoms with Gasteiger partial charge < -0.3 is 25.1 Å². The molecule has 0 spiro atoms. The lowest BCUT2D eigenvalue weighted by Gasteiger charge is -2.16. The molecule has 0 aliphatic heterocycles. The molecule has 0 unspecified atom stereocenters. The molecule has 0 heterocycles. The average Bonchev–Trinajstić information content (AvgIpc) is 2.13. The maximum Gasteiger partial charge on any atom is 0.430 e. The Hall–Kier alpha value is -1.22. The molecule has 0 rings (SSSR count). The van der Waals surface area contributed by atoms with Gasteiger partial charge in [-0.25, -0.2) is 0 Å². The molecule has 0 aliphatic carbocycles. The normalized spacial score (nSPS) is 12.1. The molecule has 0 aromatic heterocycles. The Bertz CT molecular complexity index is 364. The standard InChI is InChI=1S/C7H13O9PSi/c8-5(9)18(6(10)11,7(12)13)4-2-1-3-17(14,15)16/h1-4H2,(H,8,9)(H,10,11)(H,12,13)(H2,14,15,16). The summed E-state index contributed by atoms with van der Waals surface area (Å²) in [5.41, 5.74) is -5.63. The lowest BCUT2D eigenvalue weighted by atomic mass is 10.4. The van der Waals surface area contributed by atoms with Gasteiger partial charge in [0, 0.05) is 6.16 Å². The van der Waals surface area contributed by atoms with E-state index < -0.39 is 44.7 Å². The van der Waals surface area contributed by atoms with Crippen molar-refractivity contribution in [1.29, 1.82) is 0 Å². The van der Waals surface area contributed by atoms with Crippen LogP contribution in [0.25, 0.3) is 0 Å². The first-order valence-electron chi connectivity index (χ1n) is 4.79. The SMILES string of the molecule is O=C(O)[Si](CCCCP(=O)(O)O)(C(=O)O)C(=O)O. The van der Waals surface area contributed by atoms with Gasteiger partial charge in [0.05, 0.1) is 0 Å². The Morgan fingerprint density at radius 1 is 0.889 bits per heavy atom. The maximum absolute atomic E-state index is 10.8. The summed E-state index contributed by atoms with van der Waals surface area (Å²) in [5.74, 6) is 0. The molecule has 9 nitrogen and oxygen atoms in total. The minimum absolute atomic E-state index is 0.132. The molecule has 0 atom stereocenters. The molecule has 5 N–H and O–H groups in total. The fourth-order valence-corrected chi connectivity index (χ4v) is 3.91. The van der Waals surface area contributed by atoms with Crippen LogP contribution < -0.4 is 0 Å². The molecule has 0 saturated heterocycles. The van der Waals surface area contributed by atoms with Gasteiger partial charge in [0.25, 0.3) is 16.8 Å². The van der Waals surface area contributed by atoms with Crippen molar-refractivity contribution in [2.75, 3.05) is 6.16 Å². The van der Waals surface area contributed by atoms with Crippen LogP contribution in [-0.4, -0.2) is 56.1 Å². The van der Waals surface area contributed by atoms with Crippen molar-refractivity contribution >= 4 is 32.4 Å². The fraction of sp³-hybridized carbons (Fsp3) is 0.571. The van der Waals surface area contributed by atoms with E-state index in [0.29, 0.717) is 0 Å². The minimum Gasteiger partial charge on any atom is -0.485 e. The Labute approximate surface area is 102 Å². The summed E-state index contributed by atoms with van der Waals surface area (Å²) in [4.78, 5) is 49.6. The Morgan fingerprint density at radius 2 is 1.28 bits per heavy atom. The van der Waals surface area contributed by atoms with E-state index >= 15 is 0 Å². The van der Waals surface area contributed by atoms with E-state index in [1.54, 1.807) is 0 Å². The molecular formula is C7H13O9PSi. The van der Waals surface area contributed by atoms with Crippen LogP contribution in [0.2, 0.25) is 6.04 Å². The van der Waals surface area contributed by atoms with Gasteiger partial charge in [0.1, 0.15) is 0 Å². The van der Waals surface area contributed by atoms with E-state index in [1.165, 1.54) is 0 Å². The molecule has 0 aromatic carbocycles. The van der Waals surface area contributed by atoms with Crippen LogP contribution in [0.1, 0.15) is 12.8 Å². The molecular weight excluding hydrogens is 287 g/mol. The maximum atomic E-state index is 10.8. The van der Waals surface area contributed by atoms with Crippen LogP contribution in [0, 0.1) is 0 Å². The number of hydrogen-bond acceptors (Lipinski definition) is 4. The summed E-state index contributed by atoms with van der Waals surface area (Å²) in [6.07, 6.45) is -0.842. The van der Waals surface area contributed by atoms with Crippen LogP contribution in [0.5, 0.6) is 0 Å². The molecule has 0 aromatic rings. The molecule has 18 heavy (non-hydrogen) atoms. The van der Waals surface area contributed by atoms with Crippen molar-refractivity contribution in [3.05, 3.63) is 0 Å². The molecule has 0 amide bonds. The van der Waals surface area contributed by atoms with Gasteiger partial charge in [0.2, 0.25) is 0 Å². The van der Waals surface area contributed by atoms with E-state index in [-0.39, 0.29) is 12.8 Å². The van der Waals surface area contributed by atoms with Crippen molar-refractivity contribution in [2.45, 2.75) is 18.9 Å². The molecule has 0 aliphatic rings. The highest BCUT2D eigenvalue weighted by Crippen LogP contribution is 2.36. The summed E-state index contributed by atoms with van der Waals surface area (Å²) in [7, 11) is -8.87. The van der Waals surface area contributed by atoms with Gasteiger partial charge >= 0.3 is 15.7 Å². The van der Waals surface area contributed by atoms with Crippen molar-refractivity contribution in [2.24, 2.45) is 0 Å². The molecule has 104 valence electrons. The minimum atomic E-state index is -4.63. The first-order chi connectivity index (χ1) is 8.04. The van der Waals surface area contributed by atoms with Crippen molar-refractivity contribution < 1.29 is 44.1 Å². The van der Waals surface area contributed by atoms with Crippen LogP contribution in [-0.2, 0) is 4.57 Å². The van der Waals surface area contributed by atoms with Gasteiger partial charge in [-0.2, -0.15) is 0 Å². The number of carboxylic acid groups (broad SMARTS) is 3. The summed E-state index contributed by atoms with van der Waals surface area (Å²) >= 11 is 0. The zero-order valence-corrected chi connectivity index (χ0v) is 11.0. The Balaban J connectivity index is 4.74. The summed E-state index contributed by atoms with van der Waals surface area (Å²) in [6.45, 7) is 0. The zero-order chi connectivity index (χ0) is 14.6. The van der Waals surface area contributed by atoms with Crippen LogP contribution >= 0.6 is 7.60 Å². The van der Waals surface area contributed by atoms with E-state index in [9.17, 15) is 18.9 Å². The predicted octanol–water partition coefficient (Wildman–Crippen LogP) is 1.17. The summed E-state index contributed by atoms with van der Waals surface area (Å²) in [6, 6.07) is -0.604. The molecule has 0 fully saturated rings. The monoisotopic (exact) mass is 300 g/mol. The van der Waals surface area contributed by atoms with E-state index in [0.717, 1.165) is 0 Å². The zero-order valence-electron chi connectivity index (χ0n) is 9.14. The molecule has 0 bridgehead atoms. The summed E-state index contributed by atoms with van der Waals surface area (Å²) in [5, 5.41) is 26.3. The lowest BCUT2D eigenvalue weighted by molar-refractivity contribution is 0.201. The van der Waals surface area contributed by atoms with Crippen LogP contribution in [0.4, 0.5) is 14.4 Å². The molecule has 11 heteroatoms. The third-order valence-electron chi connectivity index (χ3n) is 2.35. The highest BCUT2D eigenvalue weighted by Gasteiger charge is 2.59. The molecule has 0 saturated carbocycles. The summed E-state index contributed by atoms with van der Waals surface area (Å²) < 4.78 is 10.5. The van der Waals surface area contributed by atoms with Gasteiger partial charge in [-0.15, -0.1) is 0 Å². The third-order valence-corrected chi connectivity index (χ3v) is 6.54. The van der Waals surface area contributed by atoms with Crippen LogP contribution in [0.3, 0.4) is 0 Å². The third kappa shape index (κ3) is 4.22. The van der Waals surface area contributed by atoms with Gasteiger partial charge in [-0.3, -0.25) is 18.9 Å². The second kappa shape index (κ2) is 6.09. The van der Waals surface area contributed by atoms with Crippen molar-refractivity contribution in [3.63, 3.8) is 0 Å². The van der Waals surface area contributed by atoms with Crippen molar-refractivity contribution in [3.8, 4) is 0 Å². The largest absolute Gasteiger partial charge is 0.485 e. The first kappa shape index (κ1) is 16.8. The lowest BCUT2D eigenvalue weighted by Crippen LogP contribution is -2.57. The second-order valence-electron chi connectivity index (χ2n) is 3.67.